The molecule has 144 valence electrons. The summed E-state index contributed by atoms with van der Waals surface area (Å²) in [4.78, 5) is 33.4. The number of carbonyl (C=O) groups excluding carboxylic acids is 3. The molecule has 0 saturated heterocycles. The highest BCUT2D eigenvalue weighted by Crippen LogP contribution is 2.30. The predicted molar refractivity (Wildman–Crippen MR) is 94.5 cm³/mol. The molecule has 7 heteroatoms. The fraction of sp³-hybridized carbons (Fsp3) is 0.526. The van der Waals surface area contributed by atoms with E-state index in [0.29, 0.717) is 37.6 Å². The van der Waals surface area contributed by atoms with E-state index >= 15 is 0 Å². The van der Waals surface area contributed by atoms with Crippen LogP contribution in [0.1, 0.15) is 49.9 Å². The summed E-state index contributed by atoms with van der Waals surface area (Å²) in [5.74, 6) is 0.296. The molecule has 0 heterocycles. The Bertz CT molecular complexity index is 559. The van der Waals surface area contributed by atoms with Gasteiger partial charge in [-0.15, -0.1) is 0 Å². The maximum Gasteiger partial charge on any atom is 0.257 e. The van der Waals surface area contributed by atoms with E-state index in [1.807, 2.05) is 13.8 Å². The highest BCUT2D eigenvalue weighted by Gasteiger charge is 2.17. The second-order valence-electron chi connectivity index (χ2n) is 5.52. The van der Waals surface area contributed by atoms with Crippen LogP contribution in [-0.2, 0) is 19.1 Å². The molecule has 0 N–H and O–H groups in total. The zero-order valence-corrected chi connectivity index (χ0v) is 15.2. The van der Waals surface area contributed by atoms with E-state index in [0.717, 1.165) is 25.7 Å². The van der Waals surface area contributed by atoms with Gasteiger partial charge in [0.1, 0.15) is 6.29 Å². The molecule has 0 spiro atoms. The van der Waals surface area contributed by atoms with Gasteiger partial charge in [-0.05, 0) is 31.0 Å². The highest BCUT2D eigenvalue weighted by molar-refractivity contribution is 5.76. The maximum atomic E-state index is 11.2. The number of hydrogen-bond donors (Lipinski definition) is 0. The Kier molecular flexibility index (Phi) is 10.9. The fourth-order valence-corrected chi connectivity index (χ4v) is 1.93. The third-order valence-electron chi connectivity index (χ3n) is 3.37. The molecule has 0 aromatic heterocycles. The van der Waals surface area contributed by atoms with Crippen molar-refractivity contribution < 1.29 is 33.3 Å². The van der Waals surface area contributed by atoms with Crippen molar-refractivity contribution in [3.8, 4) is 11.5 Å². The molecular formula is C19H26O7. The Morgan fingerprint density at radius 2 is 1.38 bits per heavy atom. The Balaban J connectivity index is 2.88. The number of aldehydes is 3. The van der Waals surface area contributed by atoms with E-state index < -0.39 is 12.6 Å². The quantitative estimate of drug-likeness (QED) is 0.268. The lowest BCUT2D eigenvalue weighted by atomic mass is 10.2. The lowest BCUT2D eigenvalue weighted by Crippen LogP contribution is -2.25. The summed E-state index contributed by atoms with van der Waals surface area (Å²) in [7, 11) is 0. The van der Waals surface area contributed by atoms with Crippen molar-refractivity contribution in [2.75, 3.05) is 13.2 Å². The number of ether oxygens (including phenoxy) is 4. The first-order valence-electron chi connectivity index (χ1n) is 8.74. The monoisotopic (exact) mass is 366 g/mol. The second kappa shape index (κ2) is 13.0. The van der Waals surface area contributed by atoms with Gasteiger partial charge in [0.15, 0.2) is 24.1 Å². The minimum atomic E-state index is -1.14. The zero-order valence-electron chi connectivity index (χ0n) is 15.2. The van der Waals surface area contributed by atoms with Crippen molar-refractivity contribution in [2.45, 2.75) is 52.1 Å². The first-order chi connectivity index (χ1) is 12.7. The number of unbranched alkanes of at least 4 members (excludes halogenated alkanes) is 2. The lowest BCUT2D eigenvalue weighted by molar-refractivity contribution is -0.141. The molecule has 0 amide bonds. The largest absolute Gasteiger partial charge is 0.454 e. The van der Waals surface area contributed by atoms with Gasteiger partial charge < -0.3 is 18.9 Å². The molecule has 0 radical (unpaired) electrons. The van der Waals surface area contributed by atoms with Crippen LogP contribution in [-0.4, -0.2) is 44.7 Å². The zero-order chi connectivity index (χ0) is 19.2. The van der Waals surface area contributed by atoms with Crippen LogP contribution in [0.25, 0.3) is 0 Å². The van der Waals surface area contributed by atoms with Crippen molar-refractivity contribution in [2.24, 2.45) is 0 Å². The van der Waals surface area contributed by atoms with Crippen molar-refractivity contribution in [1.29, 1.82) is 0 Å². The van der Waals surface area contributed by atoms with Crippen LogP contribution >= 0.6 is 0 Å². The van der Waals surface area contributed by atoms with Gasteiger partial charge in [-0.3, -0.25) is 14.4 Å². The fourth-order valence-electron chi connectivity index (χ4n) is 1.93. The SMILES string of the molecule is CCCCOC(C=O)Oc1ccc(C=O)cc1OC(C=O)OCCCC. The van der Waals surface area contributed by atoms with Crippen LogP contribution in [0.2, 0.25) is 0 Å². The van der Waals surface area contributed by atoms with Crippen LogP contribution in [0.5, 0.6) is 11.5 Å². The average Bonchev–Trinajstić information content (AvgIpc) is 2.67. The van der Waals surface area contributed by atoms with Crippen molar-refractivity contribution in [3.63, 3.8) is 0 Å². The predicted octanol–water partition coefficient (Wildman–Crippen LogP) is 2.94. The third-order valence-corrected chi connectivity index (χ3v) is 3.37. The van der Waals surface area contributed by atoms with E-state index in [2.05, 4.69) is 0 Å². The standard InChI is InChI=1S/C19H26O7/c1-3-5-9-23-18(13-21)25-16-8-7-15(12-20)11-17(16)26-19(14-22)24-10-6-4-2/h7-8,11-14,18-19H,3-6,9-10H2,1-2H3. The van der Waals surface area contributed by atoms with Gasteiger partial charge in [0.2, 0.25) is 0 Å². The van der Waals surface area contributed by atoms with Crippen molar-refractivity contribution in [3.05, 3.63) is 23.8 Å². The van der Waals surface area contributed by atoms with E-state index in [1.54, 1.807) is 0 Å². The molecule has 2 unspecified atom stereocenters. The molecule has 1 aromatic rings. The summed E-state index contributed by atoms with van der Waals surface area (Å²) < 4.78 is 21.7. The van der Waals surface area contributed by atoms with Crippen LogP contribution in [0, 0.1) is 0 Å². The number of hydrogen-bond acceptors (Lipinski definition) is 7. The Hall–Kier alpha value is -2.25. The van der Waals surface area contributed by atoms with Crippen LogP contribution < -0.4 is 9.47 Å². The topological polar surface area (TPSA) is 88.1 Å². The summed E-state index contributed by atoms with van der Waals surface area (Å²) in [6, 6.07) is 4.40. The second-order valence-corrected chi connectivity index (χ2v) is 5.52. The molecule has 0 bridgehead atoms. The highest BCUT2D eigenvalue weighted by atomic mass is 16.7. The number of rotatable bonds is 15. The molecule has 2 atom stereocenters. The molecule has 1 rings (SSSR count). The van der Waals surface area contributed by atoms with E-state index in [1.165, 1.54) is 18.2 Å². The first-order valence-corrected chi connectivity index (χ1v) is 8.74. The van der Waals surface area contributed by atoms with Gasteiger partial charge in [0.25, 0.3) is 12.6 Å². The van der Waals surface area contributed by atoms with Gasteiger partial charge in [-0.2, -0.15) is 0 Å². The van der Waals surface area contributed by atoms with Crippen LogP contribution in [0.15, 0.2) is 18.2 Å². The molecule has 26 heavy (non-hydrogen) atoms. The van der Waals surface area contributed by atoms with E-state index in [-0.39, 0.29) is 11.5 Å². The molecule has 0 saturated carbocycles. The first kappa shape index (κ1) is 21.8. The van der Waals surface area contributed by atoms with Gasteiger partial charge >= 0.3 is 0 Å². The minimum Gasteiger partial charge on any atom is -0.454 e. The smallest absolute Gasteiger partial charge is 0.257 e. The van der Waals surface area contributed by atoms with Gasteiger partial charge in [-0.25, -0.2) is 0 Å². The van der Waals surface area contributed by atoms with Crippen LogP contribution in [0.3, 0.4) is 0 Å². The van der Waals surface area contributed by atoms with Crippen molar-refractivity contribution >= 4 is 18.9 Å². The van der Waals surface area contributed by atoms with Gasteiger partial charge in [0.05, 0.1) is 13.2 Å². The Morgan fingerprint density at radius 1 is 0.846 bits per heavy atom. The van der Waals surface area contributed by atoms with E-state index in [9.17, 15) is 14.4 Å². The summed E-state index contributed by atoms with van der Waals surface area (Å²) in [6.45, 7) is 4.74. The number of carbonyl (C=O) groups is 3. The van der Waals surface area contributed by atoms with Crippen molar-refractivity contribution in [1.82, 2.24) is 0 Å². The van der Waals surface area contributed by atoms with E-state index in [4.69, 9.17) is 18.9 Å². The van der Waals surface area contributed by atoms with Crippen LogP contribution in [0.4, 0.5) is 0 Å². The average molecular weight is 366 g/mol. The summed E-state index contributed by atoms with van der Waals surface area (Å²) in [5, 5.41) is 0. The normalized spacial score (nSPS) is 12.8. The Morgan fingerprint density at radius 3 is 1.85 bits per heavy atom. The maximum absolute atomic E-state index is 11.2. The molecule has 0 fully saturated rings. The summed E-state index contributed by atoms with van der Waals surface area (Å²) in [6.07, 6.45) is 2.84. The number of benzene rings is 1. The van der Waals surface area contributed by atoms with Gasteiger partial charge in [-0.1, -0.05) is 26.7 Å². The summed E-state index contributed by atoms with van der Waals surface area (Å²) >= 11 is 0. The summed E-state index contributed by atoms with van der Waals surface area (Å²) in [5.41, 5.74) is 0.333. The Labute approximate surface area is 153 Å². The lowest BCUT2D eigenvalue weighted by Gasteiger charge is -2.19. The molecule has 0 aliphatic carbocycles. The molecule has 0 aliphatic rings. The molecule has 7 nitrogen and oxygen atoms in total. The third kappa shape index (κ3) is 7.76. The van der Waals surface area contributed by atoms with Gasteiger partial charge in [0, 0.05) is 5.56 Å². The molecular weight excluding hydrogens is 340 g/mol. The molecule has 0 aliphatic heterocycles. The molecule has 1 aromatic carbocycles. The minimum absolute atomic E-state index is 0.120.